The van der Waals surface area contributed by atoms with Gasteiger partial charge in [-0.25, -0.2) is 0 Å². The minimum atomic E-state index is 1.20. The van der Waals surface area contributed by atoms with E-state index in [0.717, 1.165) is 0 Å². The smallest absolute Gasteiger partial charge is 0.0152 e. The van der Waals surface area contributed by atoms with Crippen LogP contribution in [0.3, 0.4) is 0 Å². The highest BCUT2D eigenvalue weighted by Gasteiger charge is 2.04. The molecule has 100 valence electrons. The van der Waals surface area contributed by atoms with Gasteiger partial charge in [-0.15, -0.1) is 0 Å². The van der Waals surface area contributed by atoms with Gasteiger partial charge in [0.2, 0.25) is 0 Å². The molecule has 0 N–H and O–H groups in total. The Morgan fingerprint density at radius 3 is 2.26 bits per heavy atom. The zero-order chi connectivity index (χ0) is 13.5. The van der Waals surface area contributed by atoms with Gasteiger partial charge in [-0.1, -0.05) is 80.3 Å². The van der Waals surface area contributed by atoms with E-state index in [4.69, 9.17) is 0 Å². The summed E-state index contributed by atoms with van der Waals surface area (Å²) in [5.74, 6) is 0. The topological polar surface area (TPSA) is 0 Å². The first-order valence-electron chi connectivity index (χ1n) is 7.46. The zero-order valence-electron chi connectivity index (χ0n) is 12.2. The molecule has 2 rings (SSSR count). The van der Waals surface area contributed by atoms with E-state index in [1.807, 2.05) is 0 Å². The zero-order valence-corrected chi connectivity index (χ0v) is 12.2. The van der Waals surface area contributed by atoms with Gasteiger partial charge in [-0.3, -0.25) is 0 Å². The molecule has 0 saturated carbocycles. The summed E-state index contributed by atoms with van der Waals surface area (Å²) in [5.41, 5.74) is 5.56. The van der Waals surface area contributed by atoms with E-state index in [-0.39, 0.29) is 0 Å². The van der Waals surface area contributed by atoms with Crippen LogP contribution in [0.25, 0.3) is 11.1 Å². The molecule has 0 aliphatic rings. The second-order valence-electron chi connectivity index (χ2n) is 5.33. The summed E-state index contributed by atoms with van der Waals surface area (Å²) < 4.78 is 0. The third-order valence-electron chi connectivity index (χ3n) is 3.68. The highest BCUT2D eigenvalue weighted by molar-refractivity contribution is 5.67. The maximum Gasteiger partial charge on any atom is -0.0152 e. The second kappa shape index (κ2) is 7.13. The molecule has 0 spiro atoms. The Kier molecular flexibility index (Phi) is 5.20. The van der Waals surface area contributed by atoms with Crippen molar-refractivity contribution in [1.29, 1.82) is 0 Å². The van der Waals surface area contributed by atoms with Gasteiger partial charge in [0.1, 0.15) is 0 Å². The fourth-order valence-electron chi connectivity index (χ4n) is 2.50. The summed E-state index contributed by atoms with van der Waals surface area (Å²) in [4.78, 5) is 0. The molecule has 0 saturated heterocycles. The van der Waals surface area contributed by atoms with Crippen molar-refractivity contribution >= 4 is 0 Å². The Morgan fingerprint density at radius 1 is 0.789 bits per heavy atom. The normalized spacial score (nSPS) is 10.6. The lowest BCUT2D eigenvalue weighted by Gasteiger charge is -2.10. The van der Waals surface area contributed by atoms with Gasteiger partial charge in [-0.2, -0.15) is 0 Å². The molecule has 0 atom stereocenters. The van der Waals surface area contributed by atoms with Gasteiger partial charge >= 0.3 is 0 Å². The number of rotatable bonds is 6. The van der Waals surface area contributed by atoms with Crippen LogP contribution in [0.2, 0.25) is 0 Å². The lowest BCUT2D eigenvalue weighted by molar-refractivity contribution is 0.667. The van der Waals surface area contributed by atoms with Crippen LogP contribution in [-0.2, 0) is 6.42 Å². The van der Waals surface area contributed by atoms with Crippen LogP contribution in [0, 0.1) is 6.92 Å². The molecule has 0 aliphatic carbocycles. The molecule has 0 bridgehead atoms. The molecular formula is C19H24. The Morgan fingerprint density at radius 2 is 1.53 bits per heavy atom. The van der Waals surface area contributed by atoms with Crippen LogP contribution >= 0.6 is 0 Å². The summed E-state index contributed by atoms with van der Waals surface area (Å²) in [6, 6.07) is 17.7. The molecule has 0 aliphatic heterocycles. The molecule has 2 aromatic rings. The van der Waals surface area contributed by atoms with Crippen molar-refractivity contribution in [1.82, 2.24) is 0 Å². The molecule has 0 aromatic heterocycles. The van der Waals surface area contributed by atoms with E-state index < -0.39 is 0 Å². The van der Waals surface area contributed by atoms with Crippen molar-refractivity contribution in [2.24, 2.45) is 0 Å². The molecule has 0 nitrogen and oxygen atoms in total. The molecule has 0 amide bonds. The first kappa shape index (κ1) is 13.9. The third kappa shape index (κ3) is 3.96. The molecule has 2 aromatic carbocycles. The SMILES string of the molecule is CCCCCCc1ccccc1-c1ccc(C)cc1. The Balaban J connectivity index is 2.14. The van der Waals surface area contributed by atoms with Gasteiger partial charge < -0.3 is 0 Å². The third-order valence-corrected chi connectivity index (χ3v) is 3.68. The average molecular weight is 252 g/mol. The van der Waals surface area contributed by atoms with Gasteiger partial charge in [0.05, 0.1) is 0 Å². The molecule has 0 unspecified atom stereocenters. The van der Waals surface area contributed by atoms with Crippen LogP contribution in [0.5, 0.6) is 0 Å². The Bertz CT molecular complexity index is 494. The van der Waals surface area contributed by atoms with E-state index in [2.05, 4.69) is 62.4 Å². The fourth-order valence-corrected chi connectivity index (χ4v) is 2.50. The van der Waals surface area contributed by atoms with Crippen molar-refractivity contribution < 1.29 is 0 Å². The number of hydrogen-bond acceptors (Lipinski definition) is 0. The summed E-state index contributed by atoms with van der Waals surface area (Å²) in [6.07, 6.45) is 6.51. The fraction of sp³-hybridized carbons (Fsp3) is 0.368. The van der Waals surface area contributed by atoms with Crippen molar-refractivity contribution in [3.8, 4) is 11.1 Å². The predicted molar refractivity (Wildman–Crippen MR) is 84.5 cm³/mol. The monoisotopic (exact) mass is 252 g/mol. The quantitative estimate of drug-likeness (QED) is 0.571. The van der Waals surface area contributed by atoms with Crippen LogP contribution in [0.1, 0.15) is 43.7 Å². The van der Waals surface area contributed by atoms with E-state index >= 15 is 0 Å². The largest absolute Gasteiger partial charge is 0.0654 e. The molecule has 0 heterocycles. The predicted octanol–water partition coefficient (Wildman–Crippen LogP) is 5.78. The van der Waals surface area contributed by atoms with E-state index in [0.29, 0.717) is 0 Å². The highest BCUT2D eigenvalue weighted by Crippen LogP contribution is 2.25. The number of hydrogen-bond donors (Lipinski definition) is 0. The van der Waals surface area contributed by atoms with Crippen LogP contribution in [-0.4, -0.2) is 0 Å². The maximum absolute atomic E-state index is 2.28. The highest BCUT2D eigenvalue weighted by atomic mass is 14.1. The molecule has 0 fully saturated rings. The molecule has 0 heteroatoms. The minimum Gasteiger partial charge on any atom is -0.0654 e. The number of benzene rings is 2. The summed E-state index contributed by atoms with van der Waals surface area (Å²) in [7, 11) is 0. The number of aryl methyl sites for hydroxylation is 2. The summed E-state index contributed by atoms with van der Waals surface area (Å²) in [6.45, 7) is 4.40. The Labute approximate surface area is 117 Å². The van der Waals surface area contributed by atoms with Gasteiger partial charge in [0, 0.05) is 0 Å². The van der Waals surface area contributed by atoms with Crippen LogP contribution in [0.15, 0.2) is 48.5 Å². The maximum atomic E-state index is 2.28. The molecule has 0 radical (unpaired) electrons. The average Bonchev–Trinajstić information content (AvgIpc) is 2.45. The van der Waals surface area contributed by atoms with E-state index in [1.165, 1.54) is 54.4 Å². The first-order chi connectivity index (χ1) is 9.31. The summed E-state index contributed by atoms with van der Waals surface area (Å²) >= 11 is 0. The van der Waals surface area contributed by atoms with Crippen LogP contribution in [0.4, 0.5) is 0 Å². The van der Waals surface area contributed by atoms with Gasteiger partial charge in [-0.05, 0) is 36.5 Å². The molecular weight excluding hydrogens is 228 g/mol. The van der Waals surface area contributed by atoms with Crippen LogP contribution < -0.4 is 0 Å². The lowest BCUT2D eigenvalue weighted by atomic mass is 9.95. The lowest BCUT2D eigenvalue weighted by Crippen LogP contribution is -1.90. The van der Waals surface area contributed by atoms with Crippen molar-refractivity contribution in [2.75, 3.05) is 0 Å². The van der Waals surface area contributed by atoms with Gasteiger partial charge in [0.25, 0.3) is 0 Å². The van der Waals surface area contributed by atoms with Gasteiger partial charge in [0.15, 0.2) is 0 Å². The van der Waals surface area contributed by atoms with Crippen molar-refractivity contribution in [2.45, 2.75) is 46.0 Å². The minimum absolute atomic E-state index is 1.20. The summed E-state index contributed by atoms with van der Waals surface area (Å²) in [5, 5.41) is 0. The van der Waals surface area contributed by atoms with Crippen molar-refractivity contribution in [3.63, 3.8) is 0 Å². The Hall–Kier alpha value is -1.56. The molecule has 19 heavy (non-hydrogen) atoms. The first-order valence-corrected chi connectivity index (χ1v) is 7.46. The van der Waals surface area contributed by atoms with E-state index in [9.17, 15) is 0 Å². The second-order valence-corrected chi connectivity index (χ2v) is 5.33. The standard InChI is InChI=1S/C19H24/c1-3-4-5-6-9-17-10-7-8-11-19(17)18-14-12-16(2)13-15-18/h7-8,10-15H,3-6,9H2,1-2H3. The number of unbranched alkanes of at least 4 members (excludes halogenated alkanes) is 3. The van der Waals surface area contributed by atoms with Crippen molar-refractivity contribution in [3.05, 3.63) is 59.7 Å². The van der Waals surface area contributed by atoms with E-state index in [1.54, 1.807) is 0 Å².